The summed E-state index contributed by atoms with van der Waals surface area (Å²) in [6, 6.07) is 3.83. The van der Waals surface area contributed by atoms with Gasteiger partial charge in [-0.05, 0) is 18.1 Å². The molecule has 15 heavy (non-hydrogen) atoms. The Morgan fingerprint density at radius 2 is 2.33 bits per heavy atom. The molecule has 78 valence electrons. The van der Waals surface area contributed by atoms with Crippen LogP contribution in [0.15, 0.2) is 30.7 Å². The molecule has 0 aliphatic heterocycles. The zero-order valence-corrected chi connectivity index (χ0v) is 8.54. The molecule has 2 N–H and O–H groups in total. The fourth-order valence-corrected chi connectivity index (χ4v) is 1.51. The van der Waals surface area contributed by atoms with Crippen molar-refractivity contribution in [1.82, 2.24) is 20.0 Å². The molecule has 2 rings (SSSR count). The van der Waals surface area contributed by atoms with Crippen LogP contribution in [0.25, 0.3) is 0 Å². The number of rotatable bonds is 3. The van der Waals surface area contributed by atoms with Crippen LogP contribution >= 0.6 is 0 Å². The lowest BCUT2D eigenvalue weighted by Gasteiger charge is -2.10. The summed E-state index contributed by atoms with van der Waals surface area (Å²) in [5.41, 5.74) is 8.09. The third kappa shape index (κ3) is 2.19. The van der Waals surface area contributed by atoms with E-state index in [2.05, 4.69) is 15.3 Å². The maximum absolute atomic E-state index is 6.04. The number of pyridine rings is 1. The minimum atomic E-state index is -0.0887. The molecule has 0 saturated carbocycles. The van der Waals surface area contributed by atoms with Gasteiger partial charge < -0.3 is 5.73 Å². The van der Waals surface area contributed by atoms with E-state index in [-0.39, 0.29) is 6.04 Å². The Morgan fingerprint density at radius 3 is 2.93 bits per heavy atom. The lowest BCUT2D eigenvalue weighted by molar-refractivity contribution is 0.606. The van der Waals surface area contributed by atoms with Gasteiger partial charge in [0.2, 0.25) is 0 Å². The first-order chi connectivity index (χ1) is 7.27. The van der Waals surface area contributed by atoms with Gasteiger partial charge in [0.1, 0.15) is 0 Å². The highest BCUT2D eigenvalue weighted by molar-refractivity contribution is 5.13. The van der Waals surface area contributed by atoms with E-state index in [1.165, 1.54) is 0 Å². The molecule has 0 fully saturated rings. The molecule has 0 aliphatic rings. The molecule has 0 saturated heterocycles. The number of hydrogen-bond acceptors (Lipinski definition) is 4. The third-order valence-corrected chi connectivity index (χ3v) is 2.31. The minimum absolute atomic E-state index is 0.0887. The van der Waals surface area contributed by atoms with E-state index in [9.17, 15) is 0 Å². The Hall–Kier alpha value is -1.75. The Morgan fingerprint density at radius 1 is 1.47 bits per heavy atom. The molecule has 1 atom stereocenters. The van der Waals surface area contributed by atoms with Crippen LogP contribution < -0.4 is 5.73 Å². The van der Waals surface area contributed by atoms with E-state index < -0.39 is 0 Å². The van der Waals surface area contributed by atoms with Gasteiger partial charge in [-0.3, -0.25) is 9.67 Å². The highest BCUT2D eigenvalue weighted by Crippen LogP contribution is 2.12. The molecule has 0 amide bonds. The van der Waals surface area contributed by atoms with Crippen molar-refractivity contribution in [1.29, 1.82) is 0 Å². The van der Waals surface area contributed by atoms with Gasteiger partial charge in [0, 0.05) is 19.4 Å². The highest BCUT2D eigenvalue weighted by atomic mass is 15.4. The van der Waals surface area contributed by atoms with Crippen LogP contribution in [0.5, 0.6) is 0 Å². The van der Waals surface area contributed by atoms with Crippen molar-refractivity contribution >= 4 is 0 Å². The van der Waals surface area contributed by atoms with E-state index in [4.69, 9.17) is 5.73 Å². The Balaban J connectivity index is 2.11. The van der Waals surface area contributed by atoms with Crippen LogP contribution in [0.1, 0.15) is 17.3 Å². The zero-order chi connectivity index (χ0) is 10.7. The molecule has 2 aromatic rings. The summed E-state index contributed by atoms with van der Waals surface area (Å²) in [5, 5.41) is 7.65. The van der Waals surface area contributed by atoms with Crippen molar-refractivity contribution in [3.8, 4) is 0 Å². The van der Waals surface area contributed by atoms with E-state index in [1.54, 1.807) is 17.1 Å². The Bertz CT molecular complexity index is 422. The summed E-state index contributed by atoms with van der Waals surface area (Å²) >= 11 is 0. The molecule has 5 nitrogen and oxygen atoms in total. The van der Waals surface area contributed by atoms with Gasteiger partial charge in [-0.1, -0.05) is 11.3 Å². The second-order valence-electron chi connectivity index (χ2n) is 3.45. The fraction of sp³-hybridized carbons (Fsp3) is 0.300. The first kappa shape index (κ1) is 9.79. The van der Waals surface area contributed by atoms with Crippen molar-refractivity contribution in [2.24, 2.45) is 12.8 Å². The van der Waals surface area contributed by atoms with Crippen LogP contribution in [-0.4, -0.2) is 20.0 Å². The molecular formula is C10H13N5. The van der Waals surface area contributed by atoms with Crippen molar-refractivity contribution in [2.75, 3.05) is 0 Å². The molecule has 1 unspecified atom stereocenters. The van der Waals surface area contributed by atoms with Gasteiger partial charge in [0.05, 0.1) is 17.9 Å². The second-order valence-corrected chi connectivity index (χ2v) is 3.45. The molecule has 5 heteroatoms. The minimum Gasteiger partial charge on any atom is -0.322 e. The fourth-order valence-electron chi connectivity index (χ4n) is 1.51. The predicted octanol–water partition coefficient (Wildman–Crippen LogP) is 0.453. The van der Waals surface area contributed by atoms with Crippen LogP contribution in [0.3, 0.4) is 0 Å². The standard InChI is InChI=1S/C10H13N5/c1-15-10(7-13-14-15)9(11)5-8-3-2-4-12-6-8/h2-4,6-7,9H,5,11H2,1H3. The number of hydrogen-bond donors (Lipinski definition) is 1. The molecule has 2 aromatic heterocycles. The van der Waals surface area contributed by atoms with Gasteiger partial charge in [-0.15, -0.1) is 5.10 Å². The number of aromatic nitrogens is 4. The van der Waals surface area contributed by atoms with Gasteiger partial charge in [-0.25, -0.2) is 0 Å². The first-order valence-electron chi connectivity index (χ1n) is 4.76. The van der Waals surface area contributed by atoms with Crippen LogP contribution in [0, 0.1) is 0 Å². The molecule has 0 aromatic carbocycles. The number of nitrogens with zero attached hydrogens (tertiary/aromatic N) is 4. The maximum Gasteiger partial charge on any atom is 0.0754 e. The normalized spacial score (nSPS) is 12.7. The van der Waals surface area contributed by atoms with Crippen molar-refractivity contribution in [3.63, 3.8) is 0 Å². The Kier molecular flexibility index (Phi) is 2.73. The van der Waals surface area contributed by atoms with Gasteiger partial charge >= 0.3 is 0 Å². The molecule has 0 spiro atoms. The first-order valence-corrected chi connectivity index (χ1v) is 4.76. The lowest BCUT2D eigenvalue weighted by atomic mass is 10.1. The molecule has 2 heterocycles. The monoisotopic (exact) mass is 203 g/mol. The summed E-state index contributed by atoms with van der Waals surface area (Å²) in [6.45, 7) is 0. The molecular weight excluding hydrogens is 190 g/mol. The molecule has 0 radical (unpaired) electrons. The average molecular weight is 203 g/mol. The third-order valence-electron chi connectivity index (χ3n) is 2.31. The summed E-state index contributed by atoms with van der Waals surface area (Å²) in [5.74, 6) is 0. The van der Waals surface area contributed by atoms with Crippen LogP contribution in [-0.2, 0) is 13.5 Å². The SMILES string of the molecule is Cn1nncc1C(N)Cc1cccnc1. The largest absolute Gasteiger partial charge is 0.322 e. The topological polar surface area (TPSA) is 69.6 Å². The van der Waals surface area contributed by atoms with Gasteiger partial charge in [0.15, 0.2) is 0 Å². The summed E-state index contributed by atoms with van der Waals surface area (Å²) < 4.78 is 1.70. The maximum atomic E-state index is 6.04. The van der Waals surface area contributed by atoms with E-state index >= 15 is 0 Å². The van der Waals surface area contributed by atoms with E-state index in [1.807, 2.05) is 25.4 Å². The summed E-state index contributed by atoms with van der Waals surface area (Å²) in [4.78, 5) is 4.05. The zero-order valence-electron chi connectivity index (χ0n) is 8.54. The van der Waals surface area contributed by atoms with E-state index in [0.717, 1.165) is 17.7 Å². The number of nitrogens with two attached hydrogens (primary N) is 1. The summed E-state index contributed by atoms with van der Waals surface area (Å²) in [7, 11) is 1.84. The van der Waals surface area contributed by atoms with Gasteiger partial charge in [0.25, 0.3) is 0 Å². The van der Waals surface area contributed by atoms with Gasteiger partial charge in [-0.2, -0.15) is 0 Å². The molecule has 0 aliphatic carbocycles. The molecule has 0 bridgehead atoms. The average Bonchev–Trinajstić information content (AvgIpc) is 2.66. The highest BCUT2D eigenvalue weighted by Gasteiger charge is 2.11. The lowest BCUT2D eigenvalue weighted by Crippen LogP contribution is -2.17. The van der Waals surface area contributed by atoms with Crippen molar-refractivity contribution < 1.29 is 0 Å². The van der Waals surface area contributed by atoms with Crippen LogP contribution in [0.2, 0.25) is 0 Å². The second kappa shape index (κ2) is 4.18. The predicted molar refractivity (Wildman–Crippen MR) is 55.9 cm³/mol. The number of aryl methyl sites for hydroxylation is 1. The Labute approximate surface area is 87.9 Å². The smallest absolute Gasteiger partial charge is 0.0754 e. The van der Waals surface area contributed by atoms with Crippen LogP contribution in [0.4, 0.5) is 0 Å². The summed E-state index contributed by atoms with van der Waals surface area (Å²) in [6.07, 6.45) is 6.01. The van der Waals surface area contributed by atoms with E-state index in [0.29, 0.717) is 0 Å². The quantitative estimate of drug-likeness (QED) is 0.786. The van der Waals surface area contributed by atoms with Crippen molar-refractivity contribution in [2.45, 2.75) is 12.5 Å². The van der Waals surface area contributed by atoms with Crippen molar-refractivity contribution in [3.05, 3.63) is 42.0 Å².